The van der Waals surface area contributed by atoms with Gasteiger partial charge in [0, 0.05) is 0 Å². The Hall–Kier alpha value is -4.18. The lowest BCUT2D eigenvalue weighted by molar-refractivity contribution is -0.125. The van der Waals surface area contributed by atoms with Crippen LogP contribution in [0.1, 0.15) is 0 Å². The van der Waals surface area contributed by atoms with Crippen LogP contribution in [0.15, 0.2) is 82.7 Å². The van der Waals surface area contributed by atoms with Crippen molar-refractivity contribution in [2.24, 2.45) is 5.73 Å². The molecule has 2 N–H and O–H groups in total. The van der Waals surface area contributed by atoms with Crippen molar-refractivity contribution in [2.45, 2.75) is 11.3 Å². The molecule has 8 nitrogen and oxygen atoms in total. The van der Waals surface area contributed by atoms with E-state index in [2.05, 4.69) is 4.98 Å². The second-order valence-electron chi connectivity index (χ2n) is 7.77. The van der Waals surface area contributed by atoms with E-state index < -0.39 is 23.4 Å². The second kappa shape index (κ2) is 9.22. The molecule has 0 aliphatic carbocycles. The van der Waals surface area contributed by atoms with E-state index in [1.807, 2.05) is 0 Å². The van der Waals surface area contributed by atoms with E-state index in [9.17, 15) is 18.8 Å². The summed E-state index contributed by atoms with van der Waals surface area (Å²) < 4.78 is 21.5. The Kier molecular flexibility index (Phi) is 5.96. The van der Waals surface area contributed by atoms with E-state index in [1.54, 1.807) is 54.6 Å². The van der Waals surface area contributed by atoms with Gasteiger partial charge in [-0.05, 0) is 36.4 Å². The number of hydrogen-bond acceptors (Lipinski definition) is 6. The largest absolute Gasteiger partial charge is 0.477 e. The van der Waals surface area contributed by atoms with Gasteiger partial charge in [-0.2, -0.15) is 0 Å². The predicted molar refractivity (Wildman–Crippen MR) is 130 cm³/mol. The molecule has 10 heteroatoms. The minimum atomic E-state index is -0.991. The number of para-hydroxylation sites is 4. The number of aromatic nitrogens is 2. The van der Waals surface area contributed by atoms with Crippen LogP contribution in [0.4, 0.5) is 10.1 Å². The summed E-state index contributed by atoms with van der Waals surface area (Å²) in [7, 11) is 0. The molecule has 0 saturated carbocycles. The van der Waals surface area contributed by atoms with Crippen molar-refractivity contribution >= 4 is 40.2 Å². The van der Waals surface area contributed by atoms with Crippen molar-refractivity contribution in [1.29, 1.82) is 0 Å². The maximum Gasteiger partial charge on any atom is 0.266 e. The maximum absolute atomic E-state index is 14.7. The zero-order chi connectivity index (χ0) is 24.5. The monoisotopic (exact) mass is 490 g/mol. The Morgan fingerprint density at radius 3 is 2.49 bits per heavy atom. The number of halogens is 1. The Labute approximate surface area is 203 Å². The smallest absolute Gasteiger partial charge is 0.266 e. The summed E-state index contributed by atoms with van der Waals surface area (Å²) in [5.74, 6) is -1.38. The second-order valence-corrected chi connectivity index (χ2v) is 8.72. The van der Waals surface area contributed by atoms with Crippen LogP contribution in [0.5, 0.6) is 5.75 Å². The highest BCUT2D eigenvalue weighted by Gasteiger charge is 2.32. The Balaban J connectivity index is 1.51. The number of thioether (sulfide) groups is 1. The third-order valence-corrected chi connectivity index (χ3v) is 6.48. The first-order chi connectivity index (χ1) is 16.9. The molecular weight excluding hydrogens is 471 g/mol. The van der Waals surface area contributed by atoms with Gasteiger partial charge in [0.25, 0.3) is 11.5 Å². The molecular formula is C25H19FN4O4S. The molecule has 1 aliphatic rings. The van der Waals surface area contributed by atoms with Crippen molar-refractivity contribution in [3.63, 3.8) is 0 Å². The summed E-state index contributed by atoms with van der Waals surface area (Å²) in [6.07, 6.45) is -0.991. The lowest BCUT2D eigenvalue weighted by Gasteiger charge is -2.33. The Morgan fingerprint density at radius 1 is 1.03 bits per heavy atom. The van der Waals surface area contributed by atoms with Crippen LogP contribution in [0.3, 0.4) is 0 Å². The van der Waals surface area contributed by atoms with Gasteiger partial charge in [0.15, 0.2) is 11.3 Å². The number of benzene rings is 3. The molecule has 3 aromatic carbocycles. The van der Waals surface area contributed by atoms with Crippen LogP contribution in [0, 0.1) is 5.82 Å². The normalized spacial score (nSPS) is 14.9. The van der Waals surface area contributed by atoms with E-state index in [4.69, 9.17) is 10.5 Å². The van der Waals surface area contributed by atoms with Crippen LogP contribution in [0.2, 0.25) is 0 Å². The zero-order valence-corrected chi connectivity index (χ0v) is 19.1. The van der Waals surface area contributed by atoms with Gasteiger partial charge in [-0.3, -0.25) is 19.0 Å². The topological polar surface area (TPSA) is 108 Å². The van der Waals surface area contributed by atoms with Gasteiger partial charge >= 0.3 is 0 Å². The van der Waals surface area contributed by atoms with Crippen molar-refractivity contribution in [3.05, 3.63) is 89.0 Å². The number of anilines is 1. The molecule has 176 valence electrons. The summed E-state index contributed by atoms with van der Waals surface area (Å²) in [6, 6.07) is 19.5. The zero-order valence-electron chi connectivity index (χ0n) is 18.3. The third-order valence-electron chi connectivity index (χ3n) is 5.56. The third kappa shape index (κ3) is 4.24. The summed E-state index contributed by atoms with van der Waals surface area (Å²) >= 11 is 1.00. The first-order valence-electron chi connectivity index (χ1n) is 10.7. The number of primary amides is 1. The van der Waals surface area contributed by atoms with Crippen molar-refractivity contribution in [3.8, 4) is 11.4 Å². The molecule has 0 bridgehead atoms. The average Bonchev–Trinajstić information content (AvgIpc) is 2.87. The summed E-state index contributed by atoms with van der Waals surface area (Å²) in [4.78, 5) is 44.3. The highest BCUT2D eigenvalue weighted by Crippen LogP contribution is 2.34. The summed E-state index contributed by atoms with van der Waals surface area (Å²) in [6.45, 7) is -0.0446. The van der Waals surface area contributed by atoms with Gasteiger partial charge < -0.3 is 15.4 Å². The van der Waals surface area contributed by atoms with Crippen molar-refractivity contribution < 1.29 is 18.7 Å². The van der Waals surface area contributed by atoms with Crippen LogP contribution < -0.4 is 20.9 Å². The first-order valence-corrected chi connectivity index (χ1v) is 11.7. The number of amides is 2. The number of fused-ring (bicyclic) bond motifs is 2. The molecule has 0 spiro atoms. The fraction of sp³-hybridized carbons (Fsp3) is 0.120. The minimum Gasteiger partial charge on any atom is -0.477 e. The van der Waals surface area contributed by atoms with Gasteiger partial charge in [0.05, 0.1) is 34.6 Å². The molecule has 5 rings (SSSR count). The molecule has 35 heavy (non-hydrogen) atoms. The number of ether oxygens (including phenoxy) is 1. The van der Waals surface area contributed by atoms with Gasteiger partial charge in [0.1, 0.15) is 11.6 Å². The SMILES string of the molecule is NC(=O)C1CN(C(=O)CSc2nc3ccccc3c(=O)n2-c2ccccc2F)c2ccccc2O1. The highest BCUT2D eigenvalue weighted by molar-refractivity contribution is 7.99. The fourth-order valence-electron chi connectivity index (χ4n) is 3.88. The number of rotatable bonds is 5. The van der Waals surface area contributed by atoms with E-state index >= 15 is 0 Å². The fourth-order valence-corrected chi connectivity index (χ4v) is 4.76. The molecule has 2 amide bonds. The lowest BCUT2D eigenvalue weighted by atomic mass is 10.2. The number of carbonyl (C=O) groups is 2. The van der Waals surface area contributed by atoms with E-state index in [0.29, 0.717) is 22.3 Å². The Morgan fingerprint density at radius 2 is 1.71 bits per heavy atom. The molecule has 2 heterocycles. The summed E-state index contributed by atoms with van der Waals surface area (Å²) in [5.41, 5.74) is 5.97. The van der Waals surface area contributed by atoms with Crippen LogP contribution >= 0.6 is 11.8 Å². The minimum absolute atomic E-state index is 0.0382. The van der Waals surface area contributed by atoms with Gasteiger partial charge in [-0.1, -0.05) is 48.2 Å². The van der Waals surface area contributed by atoms with Gasteiger partial charge in [-0.15, -0.1) is 0 Å². The molecule has 1 aromatic heterocycles. The molecule has 4 aromatic rings. The molecule has 1 atom stereocenters. The van der Waals surface area contributed by atoms with E-state index in [0.717, 1.165) is 11.8 Å². The molecule has 1 aliphatic heterocycles. The standard InChI is InChI=1S/C25H19FN4O4S/c26-16-8-2-4-10-18(16)30-24(33)15-7-1-3-9-17(15)28-25(30)35-14-22(31)29-13-21(23(27)32)34-20-12-6-5-11-19(20)29/h1-12,21H,13-14H2,(H2,27,32). The number of nitrogens with two attached hydrogens (primary N) is 1. The van der Waals surface area contributed by atoms with Gasteiger partial charge in [-0.25, -0.2) is 9.37 Å². The maximum atomic E-state index is 14.7. The van der Waals surface area contributed by atoms with E-state index in [1.165, 1.54) is 27.7 Å². The summed E-state index contributed by atoms with van der Waals surface area (Å²) in [5, 5.41) is 0.498. The molecule has 1 unspecified atom stereocenters. The number of nitrogens with zero attached hydrogens (tertiary/aromatic N) is 3. The van der Waals surface area contributed by atoms with Crippen LogP contribution in [0.25, 0.3) is 16.6 Å². The van der Waals surface area contributed by atoms with E-state index in [-0.39, 0.29) is 29.0 Å². The van der Waals surface area contributed by atoms with Crippen molar-refractivity contribution in [1.82, 2.24) is 9.55 Å². The van der Waals surface area contributed by atoms with Gasteiger partial charge in [0.2, 0.25) is 5.91 Å². The number of hydrogen-bond donors (Lipinski definition) is 1. The number of carbonyl (C=O) groups excluding carboxylic acids is 2. The predicted octanol–water partition coefficient (Wildman–Crippen LogP) is 2.90. The quantitative estimate of drug-likeness (QED) is 0.341. The highest BCUT2D eigenvalue weighted by atomic mass is 32.2. The van der Waals surface area contributed by atoms with Crippen LogP contribution in [-0.4, -0.2) is 39.8 Å². The van der Waals surface area contributed by atoms with Crippen molar-refractivity contribution in [2.75, 3.05) is 17.2 Å². The molecule has 0 fully saturated rings. The average molecular weight is 491 g/mol. The van der Waals surface area contributed by atoms with Crippen LogP contribution in [-0.2, 0) is 9.59 Å². The molecule has 0 saturated heterocycles. The first kappa shape index (κ1) is 22.6. The molecule has 0 radical (unpaired) electrons. The lowest BCUT2D eigenvalue weighted by Crippen LogP contribution is -2.49. The Bertz CT molecular complexity index is 1520.